The minimum Gasteiger partial charge on any atom is -0.256 e. The van der Waals surface area contributed by atoms with Gasteiger partial charge in [0.1, 0.15) is 5.82 Å². The molecular weight excluding hydrogens is 301 g/mol. The van der Waals surface area contributed by atoms with Crippen LogP contribution >= 0.6 is 0 Å². The molecule has 3 rings (SSSR count). The number of hydrogen-bond acceptors (Lipinski definition) is 1. The van der Waals surface area contributed by atoms with Crippen LogP contribution in [0.2, 0.25) is 19.6 Å². The molecular formula is C20H20FNSi. The van der Waals surface area contributed by atoms with Gasteiger partial charge in [0, 0.05) is 17.3 Å². The van der Waals surface area contributed by atoms with Crippen LogP contribution in [-0.4, -0.2) is 13.1 Å². The average Bonchev–Trinajstić information content (AvgIpc) is 2.55. The van der Waals surface area contributed by atoms with E-state index in [9.17, 15) is 4.39 Å². The number of benzene rings is 2. The van der Waals surface area contributed by atoms with Gasteiger partial charge in [-0.15, -0.1) is 0 Å². The molecule has 0 atom stereocenters. The standard InChI is InChI=1S/C20H20FNSi/c1-23(2,3)17-10-12-20(22-14-17)16-9-11-19(21)18(13-16)15-7-5-4-6-8-15/h4-14H,1-3H3. The summed E-state index contributed by atoms with van der Waals surface area (Å²) in [5, 5.41) is 1.33. The van der Waals surface area contributed by atoms with Gasteiger partial charge in [-0.05, 0) is 35.0 Å². The Bertz CT molecular complexity index is 805. The second kappa shape index (κ2) is 6.09. The lowest BCUT2D eigenvalue weighted by Gasteiger charge is -2.16. The summed E-state index contributed by atoms with van der Waals surface area (Å²) >= 11 is 0. The van der Waals surface area contributed by atoms with Gasteiger partial charge in [0.25, 0.3) is 0 Å². The van der Waals surface area contributed by atoms with Crippen LogP contribution in [0.4, 0.5) is 4.39 Å². The van der Waals surface area contributed by atoms with E-state index in [1.807, 2.05) is 48.7 Å². The summed E-state index contributed by atoms with van der Waals surface area (Å²) in [6, 6.07) is 19.0. The lowest BCUT2D eigenvalue weighted by atomic mass is 10.0. The molecule has 0 aliphatic carbocycles. The van der Waals surface area contributed by atoms with Crippen molar-refractivity contribution in [1.29, 1.82) is 0 Å². The molecule has 0 radical (unpaired) electrons. The van der Waals surface area contributed by atoms with Crippen LogP contribution < -0.4 is 5.19 Å². The second-order valence-corrected chi connectivity index (χ2v) is 11.8. The summed E-state index contributed by atoms with van der Waals surface area (Å²) in [6.07, 6.45) is 1.97. The SMILES string of the molecule is C[Si](C)(C)c1ccc(-c2ccc(F)c(-c3ccccc3)c2)nc1. The third kappa shape index (κ3) is 3.40. The molecule has 0 fully saturated rings. The van der Waals surface area contributed by atoms with Crippen molar-refractivity contribution in [3.05, 3.63) is 72.7 Å². The molecule has 116 valence electrons. The maximum absolute atomic E-state index is 14.2. The zero-order valence-corrected chi connectivity index (χ0v) is 14.7. The first-order chi connectivity index (χ1) is 10.9. The van der Waals surface area contributed by atoms with Gasteiger partial charge in [-0.3, -0.25) is 4.98 Å². The van der Waals surface area contributed by atoms with Crippen molar-refractivity contribution in [1.82, 2.24) is 4.98 Å². The highest BCUT2D eigenvalue weighted by Gasteiger charge is 2.16. The fourth-order valence-corrected chi connectivity index (χ4v) is 3.57. The summed E-state index contributed by atoms with van der Waals surface area (Å²) in [5.41, 5.74) is 3.31. The highest BCUT2D eigenvalue weighted by atomic mass is 28.3. The average molecular weight is 321 g/mol. The largest absolute Gasteiger partial charge is 0.256 e. The molecule has 3 heteroatoms. The van der Waals surface area contributed by atoms with Crippen molar-refractivity contribution in [2.75, 3.05) is 0 Å². The van der Waals surface area contributed by atoms with Gasteiger partial charge in [-0.2, -0.15) is 0 Å². The summed E-state index contributed by atoms with van der Waals surface area (Å²) in [6.45, 7) is 6.90. The molecule has 0 unspecified atom stereocenters. The molecule has 1 aromatic heterocycles. The van der Waals surface area contributed by atoms with Crippen molar-refractivity contribution in [2.45, 2.75) is 19.6 Å². The minimum atomic E-state index is -1.35. The summed E-state index contributed by atoms with van der Waals surface area (Å²) in [4.78, 5) is 4.59. The number of nitrogens with zero attached hydrogens (tertiary/aromatic N) is 1. The van der Waals surface area contributed by atoms with Crippen molar-refractivity contribution >= 4 is 13.3 Å². The first kappa shape index (κ1) is 15.6. The predicted molar refractivity (Wildman–Crippen MR) is 98.0 cm³/mol. The lowest BCUT2D eigenvalue weighted by Crippen LogP contribution is -2.37. The van der Waals surface area contributed by atoms with E-state index in [0.717, 1.165) is 16.8 Å². The minimum absolute atomic E-state index is 0.210. The monoisotopic (exact) mass is 321 g/mol. The van der Waals surface area contributed by atoms with E-state index >= 15 is 0 Å². The second-order valence-electron chi connectivity index (χ2n) is 6.74. The molecule has 0 spiro atoms. The quantitative estimate of drug-likeness (QED) is 0.612. The van der Waals surface area contributed by atoms with Crippen molar-refractivity contribution in [3.63, 3.8) is 0 Å². The molecule has 0 saturated heterocycles. The molecule has 1 nitrogen and oxygen atoms in total. The fourth-order valence-electron chi connectivity index (χ4n) is 2.53. The fraction of sp³-hybridized carbons (Fsp3) is 0.150. The van der Waals surface area contributed by atoms with Gasteiger partial charge in [-0.25, -0.2) is 4.39 Å². The summed E-state index contributed by atoms with van der Waals surface area (Å²) in [7, 11) is -1.35. The smallest absolute Gasteiger partial charge is 0.131 e. The number of pyridine rings is 1. The van der Waals surface area contributed by atoms with Gasteiger partial charge in [0.15, 0.2) is 0 Å². The molecule has 0 amide bonds. The molecule has 0 aliphatic heterocycles. The topological polar surface area (TPSA) is 12.9 Å². The van der Waals surface area contributed by atoms with Gasteiger partial charge in [0.2, 0.25) is 0 Å². The number of rotatable bonds is 3. The Morgan fingerprint density at radius 1 is 0.826 bits per heavy atom. The Balaban J connectivity index is 2.01. The maximum atomic E-state index is 14.2. The van der Waals surface area contributed by atoms with Crippen LogP contribution in [0.25, 0.3) is 22.4 Å². The van der Waals surface area contributed by atoms with Gasteiger partial charge in [-0.1, -0.05) is 56.0 Å². The van der Waals surface area contributed by atoms with E-state index in [1.165, 1.54) is 11.3 Å². The lowest BCUT2D eigenvalue weighted by molar-refractivity contribution is 0.631. The van der Waals surface area contributed by atoms with E-state index in [-0.39, 0.29) is 5.82 Å². The van der Waals surface area contributed by atoms with Gasteiger partial charge >= 0.3 is 0 Å². The van der Waals surface area contributed by atoms with Crippen LogP contribution in [0.5, 0.6) is 0 Å². The summed E-state index contributed by atoms with van der Waals surface area (Å²) < 4.78 is 14.2. The van der Waals surface area contributed by atoms with E-state index in [1.54, 1.807) is 6.07 Å². The third-order valence-corrected chi connectivity index (χ3v) is 6.00. The zero-order valence-electron chi connectivity index (χ0n) is 13.7. The molecule has 23 heavy (non-hydrogen) atoms. The van der Waals surface area contributed by atoms with Crippen molar-refractivity contribution in [2.24, 2.45) is 0 Å². The zero-order chi connectivity index (χ0) is 16.4. The van der Waals surface area contributed by atoms with E-state index in [2.05, 4.69) is 30.7 Å². The maximum Gasteiger partial charge on any atom is 0.131 e. The molecule has 3 aromatic rings. The molecule has 0 aliphatic rings. The predicted octanol–water partition coefficient (Wildman–Crippen LogP) is 5.10. The number of halogens is 1. The highest BCUT2D eigenvalue weighted by molar-refractivity contribution is 6.88. The Kier molecular flexibility index (Phi) is 4.14. The van der Waals surface area contributed by atoms with E-state index in [4.69, 9.17) is 0 Å². The van der Waals surface area contributed by atoms with Gasteiger partial charge < -0.3 is 0 Å². The normalized spacial score (nSPS) is 11.5. The first-order valence-corrected chi connectivity index (χ1v) is 11.3. The van der Waals surface area contributed by atoms with Crippen LogP contribution in [0, 0.1) is 5.82 Å². The third-order valence-electron chi connectivity index (χ3n) is 3.98. The molecule has 0 N–H and O–H groups in total. The van der Waals surface area contributed by atoms with Crippen molar-refractivity contribution in [3.8, 4) is 22.4 Å². The molecule has 1 heterocycles. The van der Waals surface area contributed by atoms with Crippen LogP contribution in [0.15, 0.2) is 66.9 Å². The number of aromatic nitrogens is 1. The van der Waals surface area contributed by atoms with Crippen LogP contribution in [-0.2, 0) is 0 Å². The number of hydrogen-bond donors (Lipinski definition) is 0. The Hall–Kier alpha value is -2.26. The Morgan fingerprint density at radius 3 is 2.17 bits per heavy atom. The molecule has 0 bridgehead atoms. The van der Waals surface area contributed by atoms with E-state index < -0.39 is 8.07 Å². The van der Waals surface area contributed by atoms with E-state index in [0.29, 0.717) is 5.56 Å². The Labute approximate surface area is 137 Å². The van der Waals surface area contributed by atoms with Crippen LogP contribution in [0.1, 0.15) is 0 Å². The first-order valence-electron chi connectivity index (χ1n) is 7.77. The van der Waals surface area contributed by atoms with Crippen LogP contribution in [0.3, 0.4) is 0 Å². The highest BCUT2D eigenvalue weighted by Crippen LogP contribution is 2.27. The molecule has 0 saturated carbocycles. The van der Waals surface area contributed by atoms with Crippen molar-refractivity contribution < 1.29 is 4.39 Å². The van der Waals surface area contributed by atoms with Gasteiger partial charge in [0.05, 0.1) is 13.8 Å². The molecule has 2 aromatic carbocycles. The summed E-state index contributed by atoms with van der Waals surface area (Å²) in [5.74, 6) is -0.210. The Morgan fingerprint density at radius 2 is 1.57 bits per heavy atom.